The van der Waals surface area contributed by atoms with E-state index in [1.54, 1.807) is 0 Å². The molecule has 0 aliphatic heterocycles. The van der Waals surface area contributed by atoms with Crippen LogP contribution in [0.1, 0.15) is 32.3 Å². The highest BCUT2D eigenvalue weighted by molar-refractivity contribution is 5.69. The smallest absolute Gasteiger partial charge is 0.0579 e. The number of nitrogens with two attached hydrogens (primary N) is 1. The van der Waals surface area contributed by atoms with Crippen molar-refractivity contribution in [1.82, 2.24) is 0 Å². The second-order valence-corrected chi connectivity index (χ2v) is 3.87. The maximum absolute atomic E-state index is 5.96. The van der Waals surface area contributed by atoms with Gasteiger partial charge in [-0.25, -0.2) is 0 Å². The Morgan fingerprint density at radius 1 is 1.43 bits per heavy atom. The second-order valence-electron chi connectivity index (χ2n) is 3.87. The van der Waals surface area contributed by atoms with E-state index >= 15 is 0 Å². The number of nitrogens with one attached hydrogen (secondary N) is 1. The van der Waals surface area contributed by atoms with Crippen LogP contribution in [0.5, 0.6) is 0 Å². The van der Waals surface area contributed by atoms with E-state index in [2.05, 4.69) is 19.2 Å². The molecule has 1 atom stereocenters. The Hall–Kier alpha value is -1.18. The minimum Gasteiger partial charge on any atom is -0.397 e. The third-order valence-corrected chi connectivity index (χ3v) is 2.45. The number of benzene rings is 1. The maximum atomic E-state index is 5.96. The molecule has 78 valence electrons. The van der Waals surface area contributed by atoms with Crippen molar-refractivity contribution in [2.45, 2.75) is 39.7 Å². The van der Waals surface area contributed by atoms with Crippen LogP contribution in [0.15, 0.2) is 18.2 Å². The minimum absolute atomic E-state index is 0.490. The van der Waals surface area contributed by atoms with Crippen molar-refractivity contribution >= 4 is 11.4 Å². The molecule has 0 bridgehead atoms. The summed E-state index contributed by atoms with van der Waals surface area (Å²) in [6, 6.07) is 6.59. The number of aryl methyl sites for hydroxylation is 1. The summed E-state index contributed by atoms with van der Waals surface area (Å²) in [5.74, 6) is 0. The summed E-state index contributed by atoms with van der Waals surface area (Å²) in [4.78, 5) is 0. The van der Waals surface area contributed by atoms with Crippen LogP contribution in [-0.4, -0.2) is 6.04 Å². The van der Waals surface area contributed by atoms with E-state index in [1.165, 1.54) is 12.8 Å². The Labute approximate surface area is 86.5 Å². The lowest BCUT2D eigenvalue weighted by Gasteiger charge is -2.16. The molecule has 1 aromatic rings. The van der Waals surface area contributed by atoms with Crippen molar-refractivity contribution in [3.8, 4) is 0 Å². The summed E-state index contributed by atoms with van der Waals surface area (Å²) in [6.45, 7) is 6.41. The molecule has 3 N–H and O–H groups in total. The first-order valence-corrected chi connectivity index (χ1v) is 5.26. The molecule has 0 aromatic heterocycles. The van der Waals surface area contributed by atoms with Gasteiger partial charge in [0, 0.05) is 6.04 Å². The fourth-order valence-electron chi connectivity index (χ4n) is 1.58. The van der Waals surface area contributed by atoms with Crippen LogP contribution in [0.3, 0.4) is 0 Å². The third kappa shape index (κ3) is 2.66. The van der Waals surface area contributed by atoms with Crippen molar-refractivity contribution in [1.29, 1.82) is 0 Å². The Kier molecular flexibility index (Phi) is 3.81. The van der Waals surface area contributed by atoms with E-state index in [0.29, 0.717) is 6.04 Å². The van der Waals surface area contributed by atoms with Gasteiger partial charge >= 0.3 is 0 Å². The first kappa shape index (κ1) is 10.9. The van der Waals surface area contributed by atoms with Crippen LogP contribution in [0.2, 0.25) is 0 Å². The number of nitrogen functional groups attached to an aromatic ring is 1. The number of hydrogen-bond donors (Lipinski definition) is 2. The maximum Gasteiger partial charge on any atom is 0.0579 e. The van der Waals surface area contributed by atoms with E-state index in [4.69, 9.17) is 5.73 Å². The van der Waals surface area contributed by atoms with Crippen LogP contribution < -0.4 is 11.1 Å². The minimum atomic E-state index is 0.490. The number of anilines is 2. The lowest BCUT2D eigenvalue weighted by molar-refractivity contribution is 0.691. The molecule has 0 aliphatic carbocycles. The summed E-state index contributed by atoms with van der Waals surface area (Å²) < 4.78 is 0. The highest BCUT2D eigenvalue weighted by atomic mass is 14.9. The summed E-state index contributed by atoms with van der Waals surface area (Å²) in [7, 11) is 0. The average Bonchev–Trinajstić information content (AvgIpc) is 2.13. The summed E-state index contributed by atoms with van der Waals surface area (Å²) in [5, 5.41) is 3.43. The highest BCUT2D eigenvalue weighted by Gasteiger charge is 2.04. The van der Waals surface area contributed by atoms with E-state index in [1.807, 2.05) is 25.1 Å². The fraction of sp³-hybridized carbons (Fsp3) is 0.500. The molecule has 0 fully saturated rings. The van der Waals surface area contributed by atoms with Gasteiger partial charge in [-0.3, -0.25) is 0 Å². The number of hydrogen-bond acceptors (Lipinski definition) is 2. The Balaban J connectivity index is 2.71. The second kappa shape index (κ2) is 4.89. The molecular weight excluding hydrogens is 172 g/mol. The van der Waals surface area contributed by atoms with Crippen molar-refractivity contribution < 1.29 is 0 Å². The van der Waals surface area contributed by atoms with Gasteiger partial charge in [-0.05, 0) is 31.9 Å². The molecule has 1 rings (SSSR count). The topological polar surface area (TPSA) is 38.0 Å². The molecule has 14 heavy (non-hydrogen) atoms. The Morgan fingerprint density at radius 2 is 2.14 bits per heavy atom. The third-order valence-electron chi connectivity index (χ3n) is 2.45. The molecule has 2 nitrogen and oxygen atoms in total. The molecule has 0 saturated heterocycles. The van der Waals surface area contributed by atoms with Crippen LogP contribution in [0.25, 0.3) is 0 Å². The van der Waals surface area contributed by atoms with Gasteiger partial charge in [-0.2, -0.15) is 0 Å². The van der Waals surface area contributed by atoms with E-state index in [0.717, 1.165) is 16.9 Å². The van der Waals surface area contributed by atoms with Gasteiger partial charge in [0.2, 0.25) is 0 Å². The largest absolute Gasteiger partial charge is 0.397 e. The SMILES string of the molecule is CCCC(C)Nc1cccc(C)c1N. The molecule has 0 aliphatic rings. The molecular formula is C12H20N2. The van der Waals surface area contributed by atoms with Crippen molar-refractivity contribution in [2.24, 2.45) is 0 Å². The molecule has 0 amide bonds. The molecule has 2 heteroatoms. The monoisotopic (exact) mass is 192 g/mol. The molecule has 0 saturated carbocycles. The first-order valence-electron chi connectivity index (χ1n) is 5.26. The standard InChI is InChI=1S/C12H20N2/c1-4-6-10(3)14-11-8-5-7-9(2)12(11)13/h5,7-8,10,14H,4,6,13H2,1-3H3. The lowest BCUT2D eigenvalue weighted by Crippen LogP contribution is -2.15. The Morgan fingerprint density at radius 3 is 2.79 bits per heavy atom. The first-order chi connectivity index (χ1) is 6.65. The zero-order valence-electron chi connectivity index (χ0n) is 9.30. The zero-order chi connectivity index (χ0) is 10.6. The molecule has 0 radical (unpaired) electrons. The van der Waals surface area contributed by atoms with Gasteiger partial charge in [-0.15, -0.1) is 0 Å². The normalized spacial score (nSPS) is 12.5. The predicted molar refractivity (Wildman–Crippen MR) is 63.6 cm³/mol. The Bertz CT molecular complexity index is 294. The number of rotatable bonds is 4. The summed E-state index contributed by atoms with van der Waals surface area (Å²) >= 11 is 0. The fourth-order valence-corrected chi connectivity index (χ4v) is 1.58. The van der Waals surface area contributed by atoms with Gasteiger partial charge in [0.15, 0.2) is 0 Å². The van der Waals surface area contributed by atoms with Gasteiger partial charge in [0.1, 0.15) is 0 Å². The van der Waals surface area contributed by atoms with Crippen molar-refractivity contribution in [3.63, 3.8) is 0 Å². The quantitative estimate of drug-likeness (QED) is 0.719. The molecule has 0 spiro atoms. The van der Waals surface area contributed by atoms with E-state index in [-0.39, 0.29) is 0 Å². The van der Waals surface area contributed by atoms with Crippen LogP contribution in [-0.2, 0) is 0 Å². The van der Waals surface area contributed by atoms with Crippen LogP contribution in [0, 0.1) is 6.92 Å². The lowest BCUT2D eigenvalue weighted by atomic mass is 10.1. The summed E-state index contributed by atoms with van der Waals surface area (Å²) in [6.07, 6.45) is 2.37. The van der Waals surface area contributed by atoms with E-state index in [9.17, 15) is 0 Å². The predicted octanol–water partition coefficient (Wildman–Crippen LogP) is 3.18. The molecule has 1 unspecified atom stereocenters. The van der Waals surface area contributed by atoms with Crippen molar-refractivity contribution in [2.75, 3.05) is 11.1 Å². The van der Waals surface area contributed by atoms with Crippen molar-refractivity contribution in [3.05, 3.63) is 23.8 Å². The van der Waals surface area contributed by atoms with Gasteiger partial charge in [-0.1, -0.05) is 25.5 Å². The average molecular weight is 192 g/mol. The number of para-hydroxylation sites is 1. The van der Waals surface area contributed by atoms with Gasteiger partial charge < -0.3 is 11.1 Å². The van der Waals surface area contributed by atoms with Gasteiger partial charge in [0.25, 0.3) is 0 Å². The van der Waals surface area contributed by atoms with Crippen LogP contribution >= 0.6 is 0 Å². The summed E-state index contributed by atoms with van der Waals surface area (Å²) in [5.41, 5.74) is 9.03. The highest BCUT2D eigenvalue weighted by Crippen LogP contribution is 2.22. The van der Waals surface area contributed by atoms with Crippen LogP contribution in [0.4, 0.5) is 11.4 Å². The van der Waals surface area contributed by atoms with Gasteiger partial charge in [0.05, 0.1) is 11.4 Å². The molecule has 0 heterocycles. The van der Waals surface area contributed by atoms with E-state index < -0.39 is 0 Å². The molecule has 1 aromatic carbocycles. The zero-order valence-corrected chi connectivity index (χ0v) is 9.30.